The molecule has 0 aliphatic carbocycles. The molecule has 0 bridgehead atoms. The summed E-state index contributed by atoms with van der Waals surface area (Å²) in [4.78, 5) is 19.3. The van der Waals surface area contributed by atoms with Gasteiger partial charge in [0.05, 0.1) is 0 Å². The molecule has 26 heavy (non-hydrogen) atoms. The van der Waals surface area contributed by atoms with E-state index in [1.165, 1.54) is 11.1 Å². The lowest BCUT2D eigenvalue weighted by Crippen LogP contribution is -2.49. The van der Waals surface area contributed by atoms with Gasteiger partial charge < -0.3 is 14.8 Å². The van der Waals surface area contributed by atoms with Crippen molar-refractivity contribution in [3.05, 3.63) is 53.6 Å². The van der Waals surface area contributed by atoms with Gasteiger partial charge in [0.2, 0.25) is 5.91 Å². The molecule has 3 rings (SSSR count). The minimum absolute atomic E-state index is 0. The number of piperazine rings is 1. The number of hydrogen-bond donors (Lipinski definition) is 1. The molecule has 6 heteroatoms. The lowest BCUT2D eigenvalue weighted by Gasteiger charge is -2.35. The summed E-state index contributed by atoms with van der Waals surface area (Å²) < 4.78 is 2.00. The van der Waals surface area contributed by atoms with Crippen molar-refractivity contribution in [1.82, 2.24) is 19.8 Å². The highest BCUT2D eigenvalue weighted by molar-refractivity contribution is 5.85. The van der Waals surface area contributed by atoms with E-state index in [4.69, 9.17) is 0 Å². The molecular weight excluding hydrogens is 348 g/mol. The minimum Gasteiger partial charge on any atom is -0.336 e. The van der Waals surface area contributed by atoms with Crippen molar-refractivity contribution < 1.29 is 4.79 Å². The summed E-state index contributed by atoms with van der Waals surface area (Å²) in [6.07, 6.45) is 5.06. The average molecular weight is 377 g/mol. The summed E-state index contributed by atoms with van der Waals surface area (Å²) in [6.45, 7) is 6.74. The molecule has 1 aromatic heterocycles. The molecular formula is C20H29ClN4O. The Balaban J connectivity index is 0.00000243. The summed E-state index contributed by atoms with van der Waals surface area (Å²) in [5.74, 6) is 1.69. The predicted molar refractivity (Wildman–Crippen MR) is 107 cm³/mol. The first-order chi connectivity index (χ1) is 12.1. The van der Waals surface area contributed by atoms with Crippen LogP contribution in [0.3, 0.4) is 0 Å². The summed E-state index contributed by atoms with van der Waals surface area (Å²) in [6, 6.07) is 8.66. The molecule has 0 radical (unpaired) electrons. The van der Waals surface area contributed by atoms with E-state index in [1.54, 1.807) is 6.20 Å². The van der Waals surface area contributed by atoms with Gasteiger partial charge in [0, 0.05) is 45.5 Å². The van der Waals surface area contributed by atoms with E-state index in [0.29, 0.717) is 12.3 Å². The number of carbonyl (C=O) groups is 1. The maximum atomic E-state index is 12.8. The SMILES string of the molecule is CC(C)c1ccc(CCC(=O)N2CCNCC2c2nccn2C)cc1.Cl. The molecule has 1 atom stereocenters. The summed E-state index contributed by atoms with van der Waals surface area (Å²) in [7, 11) is 1.98. The predicted octanol–water partition coefficient (Wildman–Crippen LogP) is 3.07. The Labute approximate surface area is 162 Å². The number of halogens is 1. The second-order valence-corrected chi connectivity index (χ2v) is 7.10. The van der Waals surface area contributed by atoms with Crippen molar-refractivity contribution in [2.24, 2.45) is 7.05 Å². The summed E-state index contributed by atoms with van der Waals surface area (Å²) in [5, 5.41) is 3.38. The largest absolute Gasteiger partial charge is 0.336 e. The van der Waals surface area contributed by atoms with Crippen molar-refractivity contribution in [3.63, 3.8) is 0 Å². The van der Waals surface area contributed by atoms with Gasteiger partial charge in [-0.15, -0.1) is 12.4 Å². The molecule has 1 aromatic carbocycles. The average Bonchev–Trinajstić information content (AvgIpc) is 3.06. The fraction of sp³-hybridized carbons (Fsp3) is 0.500. The number of imidazole rings is 1. The number of rotatable bonds is 5. The lowest BCUT2D eigenvalue weighted by atomic mass is 10.00. The van der Waals surface area contributed by atoms with Crippen molar-refractivity contribution >= 4 is 18.3 Å². The summed E-state index contributed by atoms with van der Waals surface area (Å²) in [5.41, 5.74) is 2.56. The van der Waals surface area contributed by atoms with E-state index in [9.17, 15) is 4.79 Å². The molecule has 0 saturated carbocycles. The third-order valence-corrected chi connectivity index (χ3v) is 4.99. The van der Waals surface area contributed by atoms with Crippen LogP contribution in [0, 0.1) is 0 Å². The van der Waals surface area contributed by atoms with Crippen LogP contribution in [0.5, 0.6) is 0 Å². The number of amides is 1. The lowest BCUT2D eigenvalue weighted by molar-refractivity contribution is -0.134. The topological polar surface area (TPSA) is 50.2 Å². The zero-order chi connectivity index (χ0) is 17.8. The monoisotopic (exact) mass is 376 g/mol. The third kappa shape index (κ3) is 4.65. The Kier molecular flexibility index (Phi) is 7.23. The van der Waals surface area contributed by atoms with Crippen molar-refractivity contribution in [2.45, 2.75) is 38.6 Å². The van der Waals surface area contributed by atoms with Gasteiger partial charge in [0.25, 0.3) is 0 Å². The molecule has 1 saturated heterocycles. The zero-order valence-electron chi connectivity index (χ0n) is 15.8. The van der Waals surface area contributed by atoms with Crippen LogP contribution < -0.4 is 5.32 Å². The Morgan fingerprint density at radius 1 is 1.31 bits per heavy atom. The fourth-order valence-electron chi connectivity index (χ4n) is 3.40. The van der Waals surface area contributed by atoms with Crippen molar-refractivity contribution in [3.8, 4) is 0 Å². The molecule has 1 N–H and O–H groups in total. The number of nitrogens with zero attached hydrogens (tertiary/aromatic N) is 3. The number of nitrogens with one attached hydrogen (secondary N) is 1. The zero-order valence-corrected chi connectivity index (χ0v) is 16.6. The fourth-order valence-corrected chi connectivity index (χ4v) is 3.40. The van der Waals surface area contributed by atoms with Gasteiger partial charge in [0.15, 0.2) is 0 Å². The molecule has 1 unspecified atom stereocenters. The number of carbonyl (C=O) groups excluding carboxylic acids is 1. The maximum Gasteiger partial charge on any atom is 0.223 e. The van der Waals surface area contributed by atoms with E-state index < -0.39 is 0 Å². The van der Waals surface area contributed by atoms with E-state index in [1.807, 2.05) is 22.7 Å². The van der Waals surface area contributed by atoms with Crippen LogP contribution in [0.2, 0.25) is 0 Å². The van der Waals surface area contributed by atoms with Crippen LogP contribution in [0.4, 0.5) is 0 Å². The Morgan fingerprint density at radius 3 is 2.65 bits per heavy atom. The van der Waals surface area contributed by atoms with Gasteiger partial charge in [0.1, 0.15) is 11.9 Å². The van der Waals surface area contributed by atoms with Gasteiger partial charge in [-0.25, -0.2) is 4.98 Å². The first-order valence-corrected chi connectivity index (χ1v) is 9.12. The Bertz CT molecular complexity index is 711. The molecule has 1 amide bonds. The minimum atomic E-state index is 0. The van der Waals surface area contributed by atoms with Crippen LogP contribution in [0.1, 0.15) is 49.2 Å². The van der Waals surface area contributed by atoms with Gasteiger partial charge in [-0.05, 0) is 23.5 Å². The maximum absolute atomic E-state index is 12.8. The number of aromatic nitrogens is 2. The van der Waals surface area contributed by atoms with Crippen LogP contribution in [-0.4, -0.2) is 40.0 Å². The van der Waals surface area contributed by atoms with Gasteiger partial charge in [-0.2, -0.15) is 0 Å². The highest BCUT2D eigenvalue weighted by atomic mass is 35.5. The number of benzene rings is 1. The molecule has 2 heterocycles. The first kappa shape index (κ1) is 20.5. The first-order valence-electron chi connectivity index (χ1n) is 9.12. The number of aryl methyl sites for hydroxylation is 2. The standard InChI is InChI=1S/C20H28N4O.ClH/c1-15(2)17-7-4-16(5-8-17)6-9-19(25)24-13-10-21-14-18(24)20-22-11-12-23(20)3;/h4-5,7-8,11-12,15,18,21H,6,9-10,13-14H2,1-3H3;1H. The van der Waals surface area contributed by atoms with E-state index in [0.717, 1.165) is 31.9 Å². The van der Waals surface area contributed by atoms with E-state index in [-0.39, 0.29) is 24.4 Å². The van der Waals surface area contributed by atoms with Crippen LogP contribution in [0.15, 0.2) is 36.7 Å². The molecule has 1 fully saturated rings. The highest BCUT2D eigenvalue weighted by Gasteiger charge is 2.29. The van der Waals surface area contributed by atoms with Gasteiger partial charge in [-0.1, -0.05) is 38.1 Å². The normalized spacial score (nSPS) is 17.2. The molecule has 2 aromatic rings. The molecule has 142 valence electrons. The Morgan fingerprint density at radius 2 is 2.04 bits per heavy atom. The molecule has 5 nitrogen and oxygen atoms in total. The van der Waals surface area contributed by atoms with Crippen LogP contribution >= 0.6 is 12.4 Å². The van der Waals surface area contributed by atoms with Crippen molar-refractivity contribution in [1.29, 1.82) is 0 Å². The van der Waals surface area contributed by atoms with Crippen LogP contribution in [0.25, 0.3) is 0 Å². The smallest absolute Gasteiger partial charge is 0.223 e. The quantitative estimate of drug-likeness (QED) is 0.872. The second-order valence-electron chi connectivity index (χ2n) is 7.10. The second kappa shape index (κ2) is 9.19. The van der Waals surface area contributed by atoms with E-state index >= 15 is 0 Å². The molecule has 0 spiro atoms. The van der Waals surface area contributed by atoms with E-state index in [2.05, 4.69) is 48.4 Å². The van der Waals surface area contributed by atoms with Gasteiger partial charge in [-0.3, -0.25) is 4.79 Å². The highest BCUT2D eigenvalue weighted by Crippen LogP contribution is 2.22. The summed E-state index contributed by atoms with van der Waals surface area (Å²) >= 11 is 0. The van der Waals surface area contributed by atoms with Crippen molar-refractivity contribution in [2.75, 3.05) is 19.6 Å². The van der Waals surface area contributed by atoms with Gasteiger partial charge >= 0.3 is 0 Å². The third-order valence-electron chi connectivity index (χ3n) is 4.99. The Hall–Kier alpha value is -1.85. The molecule has 1 aliphatic rings. The molecule has 1 aliphatic heterocycles. The van der Waals surface area contributed by atoms with Crippen LogP contribution in [-0.2, 0) is 18.3 Å². The number of hydrogen-bond acceptors (Lipinski definition) is 3.